The van der Waals surface area contributed by atoms with Crippen LogP contribution < -0.4 is 10.1 Å². The second-order valence-corrected chi connectivity index (χ2v) is 6.34. The number of nitrogens with one attached hydrogen (secondary N) is 1. The average molecular weight is 297 g/mol. The van der Waals surface area contributed by atoms with Crippen molar-refractivity contribution in [2.45, 2.75) is 44.0 Å². The van der Waals surface area contributed by atoms with E-state index < -0.39 is 0 Å². The first kappa shape index (κ1) is 17.3. The highest BCUT2D eigenvalue weighted by Gasteiger charge is 2.21. The molecule has 0 heterocycles. The van der Waals surface area contributed by atoms with Gasteiger partial charge in [-0.15, -0.1) is 0 Å². The molecule has 0 fully saturated rings. The third-order valence-electron chi connectivity index (χ3n) is 3.96. The van der Waals surface area contributed by atoms with Gasteiger partial charge in [0, 0.05) is 17.3 Å². The molecule has 0 radical (unpaired) electrons. The molecule has 1 rings (SSSR count). The first-order valence-electron chi connectivity index (χ1n) is 7.07. The van der Waals surface area contributed by atoms with Gasteiger partial charge in [0.2, 0.25) is 0 Å². The summed E-state index contributed by atoms with van der Waals surface area (Å²) >= 11 is 1.70. The summed E-state index contributed by atoms with van der Waals surface area (Å²) in [4.78, 5) is 0. The van der Waals surface area contributed by atoms with Gasteiger partial charge in [0.1, 0.15) is 5.75 Å². The summed E-state index contributed by atoms with van der Waals surface area (Å²) in [6.07, 6.45) is 2.04. The molecule has 1 aromatic rings. The van der Waals surface area contributed by atoms with Crippen LogP contribution in [0.15, 0.2) is 24.3 Å². The van der Waals surface area contributed by atoms with Gasteiger partial charge in [-0.3, -0.25) is 0 Å². The molecular formula is C16H27NO2S. The predicted octanol–water partition coefficient (Wildman–Crippen LogP) is 2.89. The van der Waals surface area contributed by atoms with Crippen LogP contribution in [-0.4, -0.2) is 42.4 Å². The lowest BCUT2D eigenvalue weighted by Crippen LogP contribution is -2.44. The zero-order valence-corrected chi connectivity index (χ0v) is 13.9. The summed E-state index contributed by atoms with van der Waals surface area (Å²) in [5.41, 5.74) is 1.29. The lowest BCUT2D eigenvalue weighted by Gasteiger charge is -2.29. The highest BCUT2D eigenvalue weighted by molar-refractivity contribution is 7.99. The SMILES string of the molecule is COc1ccc(C(C)C(C)NC(C)C(CO)SC)cc1. The van der Waals surface area contributed by atoms with Crippen LogP contribution in [-0.2, 0) is 0 Å². The molecule has 0 aliphatic carbocycles. The van der Waals surface area contributed by atoms with Crippen LogP contribution in [0.3, 0.4) is 0 Å². The van der Waals surface area contributed by atoms with Gasteiger partial charge >= 0.3 is 0 Å². The van der Waals surface area contributed by atoms with Crippen molar-refractivity contribution in [1.82, 2.24) is 5.32 Å². The normalized spacial score (nSPS) is 17.3. The highest BCUT2D eigenvalue weighted by Crippen LogP contribution is 2.23. The zero-order valence-electron chi connectivity index (χ0n) is 13.1. The molecule has 114 valence electrons. The van der Waals surface area contributed by atoms with Crippen LogP contribution in [0.2, 0.25) is 0 Å². The highest BCUT2D eigenvalue weighted by atomic mass is 32.2. The first-order valence-corrected chi connectivity index (χ1v) is 8.35. The zero-order chi connectivity index (χ0) is 15.1. The Labute approximate surface area is 127 Å². The third kappa shape index (κ3) is 4.69. The number of hydrogen-bond donors (Lipinski definition) is 2. The Bertz CT molecular complexity index is 379. The molecule has 0 aromatic heterocycles. The maximum Gasteiger partial charge on any atom is 0.118 e. The molecule has 4 atom stereocenters. The number of thioether (sulfide) groups is 1. The van der Waals surface area contributed by atoms with E-state index in [1.54, 1.807) is 18.9 Å². The standard InChI is InChI=1S/C16H27NO2S/c1-11(14-6-8-15(19-4)9-7-14)12(2)17-13(3)16(10-18)20-5/h6-9,11-13,16-18H,10H2,1-5H3. The molecule has 0 spiro atoms. The van der Waals surface area contributed by atoms with Crippen molar-refractivity contribution in [3.63, 3.8) is 0 Å². The van der Waals surface area contributed by atoms with Crippen LogP contribution in [0.5, 0.6) is 5.75 Å². The Morgan fingerprint density at radius 2 is 1.75 bits per heavy atom. The number of rotatable bonds is 8. The van der Waals surface area contributed by atoms with E-state index in [0.29, 0.717) is 12.0 Å². The number of aliphatic hydroxyl groups excluding tert-OH is 1. The summed E-state index contributed by atoms with van der Waals surface area (Å²) in [6.45, 7) is 6.76. The largest absolute Gasteiger partial charge is 0.497 e. The molecule has 0 aliphatic rings. The number of methoxy groups -OCH3 is 1. The van der Waals surface area contributed by atoms with Crippen molar-refractivity contribution < 1.29 is 9.84 Å². The van der Waals surface area contributed by atoms with Crippen LogP contribution in [0.25, 0.3) is 0 Å². The topological polar surface area (TPSA) is 41.5 Å². The van der Waals surface area contributed by atoms with E-state index in [2.05, 4.69) is 38.2 Å². The van der Waals surface area contributed by atoms with E-state index >= 15 is 0 Å². The molecule has 0 amide bonds. The fourth-order valence-electron chi connectivity index (χ4n) is 2.30. The van der Waals surface area contributed by atoms with Gasteiger partial charge in [0.25, 0.3) is 0 Å². The van der Waals surface area contributed by atoms with Crippen LogP contribution in [0.4, 0.5) is 0 Å². The van der Waals surface area contributed by atoms with Crippen molar-refractivity contribution >= 4 is 11.8 Å². The molecular weight excluding hydrogens is 270 g/mol. The Balaban J connectivity index is 2.63. The first-order chi connectivity index (χ1) is 9.53. The molecule has 3 nitrogen and oxygen atoms in total. The van der Waals surface area contributed by atoms with Gasteiger partial charge in [-0.2, -0.15) is 11.8 Å². The molecule has 0 saturated heterocycles. The molecule has 20 heavy (non-hydrogen) atoms. The van der Waals surface area contributed by atoms with Gasteiger partial charge in [-0.1, -0.05) is 19.1 Å². The molecule has 2 N–H and O–H groups in total. The van der Waals surface area contributed by atoms with Crippen molar-refractivity contribution in [2.24, 2.45) is 0 Å². The lowest BCUT2D eigenvalue weighted by molar-refractivity contribution is 0.268. The maximum atomic E-state index is 9.35. The average Bonchev–Trinajstić information content (AvgIpc) is 2.47. The fraction of sp³-hybridized carbons (Fsp3) is 0.625. The van der Waals surface area contributed by atoms with Crippen molar-refractivity contribution in [1.29, 1.82) is 0 Å². The number of hydrogen-bond acceptors (Lipinski definition) is 4. The molecule has 1 aromatic carbocycles. The third-order valence-corrected chi connectivity index (χ3v) is 5.12. The summed E-state index contributed by atoms with van der Waals surface area (Å²) in [5, 5.41) is 13.2. The lowest BCUT2D eigenvalue weighted by atomic mass is 9.93. The molecule has 0 saturated carbocycles. The van der Waals surface area contributed by atoms with Gasteiger partial charge in [0.15, 0.2) is 0 Å². The van der Waals surface area contributed by atoms with E-state index in [1.807, 2.05) is 18.4 Å². The van der Waals surface area contributed by atoms with Crippen molar-refractivity contribution in [2.75, 3.05) is 20.0 Å². The van der Waals surface area contributed by atoms with Gasteiger partial charge < -0.3 is 15.2 Å². The summed E-state index contributed by atoms with van der Waals surface area (Å²) in [5.74, 6) is 1.29. The second kappa shape index (κ2) is 8.55. The number of aliphatic hydroxyl groups is 1. The minimum absolute atomic E-state index is 0.207. The molecule has 4 unspecified atom stereocenters. The predicted molar refractivity (Wildman–Crippen MR) is 87.9 cm³/mol. The Hall–Kier alpha value is -0.710. The monoisotopic (exact) mass is 297 g/mol. The van der Waals surface area contributed by atoms with Gasteiger partial charge in [-0.25, -0.2) is 0 Å². The second-order valence-electron chi connectivity index (χ2n) is 5.26. The van der Waals surface area contributed by atoms with E-state index in [1.165, 1.54) is 5.56 Å². The van der Waals surface area contributed by atoms with Gasteiger partial charge in [-0.05, 0) is 43.7 Å². The van der Waals surface area contributed by atoms with E-state index in [4.69, 9.17) is 4.74 Å². The summed E-state index contributed by atoms with van der Waals surface area (Å²) in [7, 11) is 1.68. The fourth-order valence-corrected chi connectivity index (χ4v) is 2.94. The van der Waals surface area contributed by atoms with E-state index in [9.17, 15) is 5.11 Å². The van der Waals surface area contributed by atoms with Crippen molar-refractivity contribution in [3.05, 3.63) is 29.8 Å². The van der Waals surface area contributed by atoms with Crippen LogP contribution in [0, 0.1) is 0 Å². The quantitative estimate of drug-likeness (QED) is 0.774. The smallest absolute Gasteiger partial charge is 0.118 e. The van der Waals surface area contributed by atoms with Crippen LogP contribution >= 0.6 is 11.8 Å². The van der Waals surface area contributed by atoms with E-state index in [-0.39, 0.29) is 17.9 Å². The van der Waals surface area contributed by atoms with Crippen LogP contribution in [0.1, 0.15) is 32.3 Å². The summed E-state index contributed by atoms with van der Waals surface area (Å²) < 4.78 is 5.19. The minimum Gasteiger partial charge on any atom is -0.497 e. The Morgan fingerprint density at radius 3 is 2.20 bits per heavy atom. The molecule has 0 bridgehead atoms. The van der Waals surface area contributed by atoms with Crippen molar-refractivity contribution in [3.8, 4) is 5.75 Å². The Morgan fingerprint density at radius 1 is 1.15 bits per heavy atom. The van der Waals surface area contributed by atoms with Gasteiger partial charge in [0.05, 0.1) is 13.7 Å². The number of ether oxygens (including phenoxy) is 1. The number of benzene rings is 1. The summed E-state index contributed by atoms with van der Waals surface area (Å²) in [6, 6.07) is 8.86. The molecule has 4 heteroatoms. The maximum absolute atomic E-state index is 9.35. The van der Waals surface area contributed by atoms with E-state index in [0.717, 1.165) is 5.75 Å². The minimum atomic E-state index is 0.207. The molecule has 0 aliphatic heterocycles. The Kier molecular flexibility index (Phi) is 7.41.